The van der Waals surface area contributed by atoms with E-state index in [1.54, 1.807) is 13.8 Å². The molecule has 0 aromatic carbocycles. The van der Waals surface area contributed by atoms with Gasteiger partial charge in [-0.2, -0.15) is 20.5 Å². The molecule has 0 aromatic heterocycles. The first-order valence-electron chi connectivity index (χ1n) is 5.90. The molecule has 0 spiro atoms. The van der Waals surface area contributed by atoms with Gasteiger partial charge in [-0.3, -0.25) is 0 Å². The van der Waals surface area contributed by atoms with Gasteiger partial charge in [-0.05, 0) is 27.7 Å². The van der Waals surface area contributed by atoms with E-state index in [2.05, 4.69) is 20.5 Å². The molecular weight excluding hydrogens is 264 g/mol. The van der Waals surface area contributed by atoms with E-state index in [1.165, 1.54) is 13.8 Å². The Bertz CT molecular complexity index is 590. The van der Waals surface area contributed by atoms with E-state index in [0.717, 1.165) is 0 Å². The molecule has 0 saturated carbocycles. The lowest BCUT2D eigenvalue weighted by molar-refractivity contribution is -0.142. The summed E-state index contributed by atoms with van der Waals surface area (Å²) in [5, 5.41) is 34.0. The van der Waals surface area contributed by atoms with E-state index in [0.29, 0.717) is 11.4 Å². The summed E-state index contributed by atoms with van der Waals surface area (Å²) in [6.07, 6.45) is 0. The lowest BCUT2D eigenvalue weighted by Gasteiger charge is -2.26. The van der Waals surface area contributed by atoms with Gasteiger partial charge in [0.1, 0.15) is 0 Å². The Kier molecular flexibility index (Phi) is 2.85. The van der Waals surface area contributed by atoms with Crippen molar-refractivity contribution < 1.29 is 19.8 Å². The summed E-state index contributed by atoms with van der Waals surface area (Å²) in [5.41, 5.74) is -2.01. The fourth-order valence-corrected chi connectivity index (χ4v) is 2.40. The molecule has 2 heterocycles. The topological polar surface area (TPSA) is 124 Å². The van der Waals surface area contributed by atoms with Gasteiger partial charge < -0.3 is 10.2 Å². The van der Waals surface area contributed by atoms with Gasteiger partial charge in [0.15, 0.2) is 0 Å². The smallest absolute Gasteiger partial charge is 0.338 e. The van der Waals surface area contributed by atoms with E-state index in [9.17, 15) is 19.8 Å². The summed E-state index contributed by atoms with van der Waals surface area (Å²) in [4.78, 5) is 23.0. The first kappa shape index (κ1) is 14.0. The minimum atomic E-state index is -1.62. The van der Waals surface area contributed by atoms with Gasteiger partial charge in [-0.25, -0.2) is 9.59 Å². The van der Waals surface area contributed by atoms with Crippen molar-refractivity contribution in [2.45, 2.75) is 38.8 Å². The summed E-state index contributed by atoms with van der Waals surface area (Å²) >= 11 is 0. The number of azo groups is 2. The van der Waals surface area contributed by atoms with Crippen molar-refractivity contribution in [1.82, 2.24) is 0 Å². The van der Waals surface area contributed by atoms with E-state index in [-0.39, 0.29) is 11.1 Å². The summed E-state index contributed by atoms with van der Waals surface area (Å²) < 4.78 is 0. The van der Waals surface area contributed by atoms with Gasteiger partial charge >= 0.3 is 11.9 Å². The second-order valence-electron chi connectivity index (χ2n) is 5.08. The minimum Gasteiger partial charge on any atom is -0.479 e. The average Bonchev–Trinajstić information content (AvgIpc) is 2.81. The fraction of sp³-hybridized carbons (Fsp3) is 0.500. The first-order chi connectivity index (χ1) is 9.14. The first-order valence-corrected chi connectivity index (χ1v) is 5.90. The highest BCUT2D eigenvalue weighted by molar-refractivity contribution is 5.91. The van der Waals surface area contributed by atoms with E-state index < -0.39 is 23.0 Å². The van der Waals surface area contributed by atoms with Crippen molar-refractivity contribution in [3.8, 4) is 0 Å². The van der Waals surface area contributed by atoms with Crippen LogP contribution in [-0.2, 0) is 9.59 Å². The summed E-state index contributed by atoms with van der Waals surface area (Å²) in [7, 11) is 0. The molecule has 0 saturated heterocycles. The van der Waals surface area contributed by atoms with E-state index in [4.69, 9.17) is 0 Å². The maximum atomic E-state index is 11.5. The Labute approximate surface area is 114 Å². The summed E-state index contributed by atoms with van der Waals surface area (Å²) in [6, 6.07) is 0. The SMILES string of the molecule is CC1=C(C2=C(C)N=NC2(C)C(=O)O)C(C)(C(=O)O)N=N1. The molecule has 106 valence electrons. The van der Waals surface area contributed by atoms with Crippen LogP contribution in [-0.4, -0.2) is 33.2 Å². The molecule has 2 N–H and O–H groups in total. The van der Waals surface area contributed by atoms with Gasteiger partial charge in [0, 0.05) is 11.1 Å². The highest BCUT2D eigenvalue weighted by atomic mass is 16.4. The largest absolute Gasteiger partial charge is 0.479 e. The monoisotopic (exact) mass is 278 g/mol. The van der Waals surface area contributed by atoms with Crippen LogP contribution >= 0.6 is 0 Å². The molecule has 0 amide bonds. The molecule has 0 radical (unpaired) electrons. The van der Waals surface area contributed by atoms with Gasteiger partial charge in [-0.1, -0.05) is 0 Å². The Morgan fingerprint density at radius 2 is 1.15 bits per heavy atom. The van der Waals surface area contributed by atoms with Crippen LogP contribution in [0, 0.1) is 0 Å². The highest BCUT2D eigenvalue weighted by Crippen LogP contribution is 2.46. The highest BCUT2D eigenvalue weighted by Gasteiger charge is 2.53. The van der Waals surface area contributed by atoms with Crippen molar-refractivity contribution >= 4 is 11.9 Å². The predicted molar refractivity (Wildman–Crippen MR) is 67.2 cm³/mol. The van der Waals surface area contributed by atoms with Crippen LogP contribution in [0.2, 0.25) is 0 Å². The van der Waals surface area contributed by atoms with Crippen LogP contribution in [0.25, 0.3) is 0 Å². The standard InChI is InChI=1S/C12H14N4O4/c1-5-7(11(3,9(17)18)15-13-5)8-6(2)14-16-12(8,4)10(19)20/h1-4H3,(H,17,18)(H,19,20). The molecule has 0 aliphatic carbocycles. The number of rotatable bonds is 3. The molecule has 2 aliphatic rings. The maximum absolute atomic E-state index is 11.5. The lowest BCUT2D eigenvalue weighted by atomic mass is 9.77. The van der Waals surface area contributed by atoms with Crippen LogP contribution in [0.5, 0.6) is 0 Å². The fourth-order valence-electron chi connectivity index (χ4n) is 2.40. The van der Waals surface area contributed by atoms with Gasteiger partial charge in [0.05, 0.1) is 11.4 Å². The average molecular weight is 278 g/mol. The molecular formula is C12H14N4O4. The summed E-state index contributed by atoms with van der Waals surface area (Å²) in [5.74, 6) is -2.40. The predicted octanol–water partition coefficient (Wildman–Crippen LogP) is 2.15. The number of hydrogen-bond donors (Lipinski definition) is 2. The second-order valence-corrected chi connectivity index (χ2v) is 5.08. The number of carboxylic acid groups (broad SMARTS) is 2. The van der Waals surface area contributed by atoms with E-state index in [1.807, 2.05) is 0 Å². The van der Waals surface area contributed by atoms with Gasteiger partial charge in [0.2, 0.25) is 11.1 Å². The molecule has 8 nitrogen and oxygen atoms in total. The molecule has 8 heteroatoms. The third kappa shape index (κ3) is 1.60. The van der Waals surface area contributed by atoms with Gasteiger partial charge in [0.25, 0.3) is 0 Å². The number of hydrogen-bond acceptors (Lipinski definition) is 6. The molecule has 2 aliphatic heterocycles. The normalized spacial score (nSPS) is 32.4. The molecule has 2 unspecified atom stereocenters. The molecule has 2 rings (SSSR count). The summed E-state index contributed by atoms with van der Waals surface area (Å²) in [6.45, 7) is 5.94. The van der Waals surface area contributed by atoms with Crippen LogP contribution in [0.3, 0.4) is 0 Å². The lowest BCUT2D eigenvalue weighted by Crippen LogP contribution is -2.42. The molecule has 20 heavy (non-hydrogen) atoms. The number of carboxylic acids is 2. The van der Waals surface area contributed by atoms with Crippen LogP contribution in [0.4, 0.5) is 0 Å². The quantitative estimate of drug-likeness (QED) is 0.820. The number of allylic oxidation sites excluding steroid dienone is 2. The van der Waals surface area contributed by atoms with Crippen LogP contribution < -0.4 is 0 Å². The molecule has 0 bridgehead atoms. The van der Waals surface area contributed by atoms with Crippen molar-refractivity contribution in [3.63, 3.8) is 0 Å². The third-order valence-corrected chi connectivity index (χ3v) is 3.58. The molecule has 0 aromatic rings. The zero-order valence-electron chi connectivity index (χ0n) is 11.5. The zero-order chi connectivity index (χ0) is 15.3. The number of nitrogens with zero attached hydrogens (tertiary/aromatic N) is 4. The van der Waals surface area contributed by atoms with Crippen molar-refractivity contribution in [3.05, 3.63) is 22.5 Å². The number of carbonyl (C=O) groups is 2. The minimum absolute atomic E-state index is 0.248. The van der Waals surface area contributed by atoms with Crippen LogP contribution in [0.1, 0.15) is 27.7 Å². The van der Waals surface area contributed by atoms with Crippen molar-refractivity contribution in [2.24, 2.45) is 20.5 Å². The Hall–Kier alpha value is -2.38. The maximum Gasteiger partial charge on any atom is 0.338 e. The molecule has 0 fully saturated rings. The second kappa shape index (κ2) is 4.06. The van der Waals surface area contributed by atoms with Crippen LogP contribution in [0.15, 0.2) is 43.0 Å². The Balaban J connectivity index is 2.68. The Morgan fingerprint density at radius 3 is 1.40 bits per heavy atom. The van der Waals surface area contributed by atoms with E-state index >= 15 is 0 Å². The zero-order valence-corrected chi connectivity index (χ0v) is 11.5. The van der Waals surface area contributed by atoms with Crippen molar-refractivity contribution in [1.29, 1.82) is 0 Å². The third-order valence-electron chi connectivity index (χ3n) is 3.58. The number of aliphatic carboxylic acids is 2. The Morgan fingerprint density at radius 1 is 0.850 bits per heavy atom. The van der Waals surface area contributed by atoms with Gasteiger partial charge in [-0.15, -0.1) is 0 Å². The molecule has 2 atom stereocenters. The van der Waals surface area contributed by atoms with Crippen molar-refractivity contribution in [2.75, 3.05) is 0 Å².